The van der Waals surface area contributed by atoms with E-state index >= 15 is 0 Å². The third-order valence-electron chi connectivity index (χ3n) is 6.82. The van der Waals surface area contributed by atoms with Crippen LogP contribution in [0.4, 0.5) is 20.7 Å². The standard InChI is InChI=1S/C22H34FN7O2/c1-3-32-21(31)29-14-22(15-29)5-4-18(11-22)27-6-8-28(9-7-27)20-19(10-17(23)12-26-20)30(25)13-16(2)24/h10,12-13,18H,3-9,11,14-15,24-25H2,1-2H3/b16-13-/t18-/m1/s1. The molecule has 1 aromatic heterocycles. The number of piperazine rings is 1. The minimum atomic E-state index is -0.436. The third-order valence-corrected chi connectivity index (χ3v) is 6.82. The minimum absolute atomic E-state index is 0.189. The number of rotatable bonds is 5. The first-order valence-electron chi connectivity index (χ1n) is 11.3. The van der Waals surface area contributed by atoms with E-state index in [0.717, 1.165) is 58.5 Å². The van der Waals surface area contributed by atoms with Crippen LogP contribution in [0.25, 0.3) is 0 Å². The van der Waals surface area contributed by atoms with E-state index in [1.807, 2.05) is 11.8 Å². The van der Waals surface area contributed by atoms with Gasteiger partial charge in [0.25, 0.3) is 0 Å². The molecule has 2 saturated heterocycles. The first-order valence-corrected chi connectivity index (χ1v) is 11.3. The quantitative estimate of drug-likeness (QED) is 0.521. The first kappa shape index (κ1) is 22.6. The van der Waals surface area contributed by atoms with Gasteiger partial charge in [-0.15, -0.1) is 0 Å². The minimum Gasteiger partial charge on any atom is -0.450 e. The van der Waals surface area contributed by atoms with E-state index in [4.69, 9.17) is 16.3 Å². The number of halogens is 1. The second kappa shape index (κ2) is 9.11. The lowest BCUT2D eigenvalue weighted by atomic mass is 9.78. The molecule has 4 N–H and O–H groups in total. The molecular formula is C22H34FN7O2. The summed E-state index contributed by atoms with van der Waals surface area (Å²) >= 11 is 0. The smallest absolute Gasteiger partial charge is 0.409 e. The van der Waals surface area contributed by atoms with Gasteiger partial charge in [0.2, 0.25) is 0 Å². The summed E-state index contributed by atoms with van der Waals surface area (Å²) in [6, 6.07) is 1.93. The summed E-state index contributed by atoms with van der Waals surface area (Å²) in [6.45, 7) is 9.03. The van der Waals surface area contributed by atoms with Crippen LogP contribution >= 0.6 is 0 Å². The Kier molecular flexibility index (Phi) is 6.43. The molecule has 0 unspecified atom stereocenters. The summed E-state index contributed by atoms with van der Waals surface area (Å²) in [5.74, 6) is 6.33. The number of amides is 1. The molecule has 0 radical (unpaired) electrons. The average molecular weight is 448 g/mol. The number of ether oxygens (including phenoxy) is 1. The number of hydrazine groups is 1. The van der Waals surface area contributed by atoms with Crippen molar-refractivity contribution in [2.45, 2.75) is 39.2 Å². The van der Waals surface area contributed by atoms with E-state index in [1.54, 1.807) is 13.1 Å². The Hall–Kier alpha value is -2.59. The molecule has 3 aliphatic rings. The highest BCUT2D eigenvalue weighted by Crippen LogP contribution is 2.47. The summed E-state index contributed by atoms with van der Waals surface area (Å²) < 4.78 is 19.0. The van der Waals surface area contributed by atoms with Crippen molar-refractivity contribution in [1.29, 1.82) is 0 Å². The van der Waals surface area contributed by atoms with E-state index in [1.165, 1.54) is 17.3 Å². The van der Waals surface area contributed by atoms with Crippen LogP contribution in [0.2, 0.25) is 0 Å². The lowest BCUT2D eigenvalue weighted by Crippen LogP contribution is -2.58. The number of hydrogen-bond acceptors (Lipinski definition) is 8. The van der Waals surface area contributed by atoms with Gasteiger partial charge in [-0.3, -0.25) is 9.91 Å². The predicted octanol–water partition coefficient (Wildman–Crippen LogP) is 1.85. The van der Waals surface area contributed by atoms with Gasteiger partial charge in [0.15, 0.2) is 5.82 Å². The highest BCUT2D eigenvalue weighted by Gasteiger charge is 2.51. The molecule has 1 amide bonds. The molecule has 4 rings (SSSR count). The average Bonchev–Trinajstić information content (AvgIpc) is 3.18. The van der Waals surface area contributed by atoms with Gasteiger partial charge in [0.1, 0.15) is 11.5 Å². The van der Waals surface area contributed by atoms with Crippen molar-refractivity contribution < 1.29 is 13.9 Å². The largest absolute Gasteiger partial charge is 0.450 e. The van der Waals surface area contributed by atoms with Crippen LogP contribution in [-0.4, -0.2) is 72.8 Å². The van der Waals surface area contributed by atoms with Crippen molar-refractivity contribution in [1.82, 2.24) is 14.8 Å². The Labute approximate surface area is 188 Å². The second-order valence-electron chi connectivity index (χ2n) is 9.25. The summed E-state index contributed by atoms with van der Waals surface area (Å²) in [7, 11) is 0. The van der Waals surface area contributed by atoms with Crippen LogP contribution in [0.1, 0.15) is 33.1 Å². The van der Waals surface area contributed by atoms with Crippen LogP contribution in [0.3, 0.4) is 0 Å². The zero-order valence-corrected chi connectivity index (χ0v) is 19.0. The zero-order chi connectivity index (χ0) is 22.9. The van der Waals surface area contributed by atoms with Crippen molar-refractivity contribution in [2.75, 3.05) is 55.8 Å². The fourth-order valence-electron chi connectivity index (χ4n) is 5.33. The predicted molar refractivity (Wildman–Crippen MR) is 121 cm³/mol. The maximum absolute atomic E-state index is 13.9. The number of anilines is 2. The Balaban J connectivity index is 1.34. The number of carbonyl (C=O) groups is 1. The highest BCUT2D eigenvalue weighted by atomic mass is 19.1. The Morgan fingerprint density at radius 3 is 2.75 bits per heavy atom. The SMILES string of the molecule is CCOC(=O)N1CC2(CC[C@@H](N3CCN(c4ncc(F)cc4N(N)/C=C(/C)N)CC3)C2)C1. The van der Waals surface area contributed by atoms with Gasteiger partial charge in [-0.1, -0.05) is 0 Å². The van der Waals surface area contributed by atoms with E-state index in [2.05, 4.69) is 14.8 Å². The topological polar surface area (TPSA) is 104 Å². The maximum atomic E-state index is 13.9. The fraction of sp³-hybridized carbons (Fsp3) is 0.636. The van der Waals surface area contributed by atoms with Gasteiger partial charge < -0.3 is 20.3 Å². The number of carbonyl (C=O) groups excluding carboxylic acids is 1. The van der Waals surface area contributed by atoms with E-state index < -0.39 is 5.82 Å². The Bertz CT molecular complexity index is 862. The van der Waals surface area contributed by atoms with Crippen molar-refractivity contribution in [2.24, 2.45) is 17.0 Å². The van der Waals surface area contributed by atoms with Crippen molar-refractivity contribution in [3.05, 3.63) is 30.0 Å². The lowest BCUT2D eigenvalue weighted by Gasteiger charge is -2.48. The van der Waals surface area contributed by atoms with Crippen molar-refractivity contribution >= 4 is 17.6 Å². The van der Waals surface area contributed by atoms with Gasteiger partial charge in [-0.2, -0.15) is 0 Å². The van der Waals surface area contributed by atoms with Gasteiger partial charge in [-0.25, -0.2) is 20.0 Å². The van der Waals surface area contributed by atoms with Crippen LogP contribution in [-0.2, 0) is 4.74 Å². The van der Waals surface area contributed by atoms with Gasteiger partial charge in [-0.05, 0) is 33.1 Å². The van der Waals surface area contributed by atoms with Crippen LogP contribution in [0.5, 0.6) is 0 Å². The molecule has 1 atom stereocenters. The number of nitrogens with zero attached hydrogens (tertiary/aromatic N) is 5. The molecule has 1 saturated carbocycles. The molecule has 3 heterocycles. The van der Waals surface area contributed by atoms with E-state index in [0.29, 0.717) is 29.9 Å². The second-order valence-corrected chi connectivity index (χ2v) is 9.25. The molecule has 1 aliphatic carbocycles. The Morgan fingerprint density at radius 1 is 1.38 bits per heavy atom. The molecule has 1 spiro atoms. The van der Waals surface area contributed by atoms with Crippen LogP contribution in [0, 0.1) is 11.2 Å². The Morgan fingerprint density at radius 2 is 2.09 bits per heavy atom. The number of hydrogen-bond donors (Lipinski definition) is 2. The number of likely N-dealkylation sites (tertiary alicyclic amines) is 1. The summed E-state index contributed by atoms with van der Waals surface area (Å²) in [4.78, 5) is 22.8. The zero-order valence-electron chi connectivity index (χ0n) is 19.0. The third kappa shape index (κ3) is 4.61. The highest BCUT2D eigenvalue weighted by molar-refractivity contribution is 5.69. The van der Waals surface area contributed by atoms with Gasteiger partial charge in [0.05, 0.1) is 12.8 Å². The summed E-state index contributed by atoms with van der Waals surface area (Å²) in [5, 5.41) is 1.33. The molecular weight excluding hydrogens is 413 g/mol. The van der Waals surface area contributed by atoms with Crippen molar-refractivity contribution in [3.8, 4) is 0 Å². The summed E-state index contributed by atoms with van der Waals surface area (Å²) in [6.07, 6.45) is 6.04. The molecule has 0 aromatic carbocycles. The molecule has 9 nitrogen and oxygen atoms in total. The van der Waals surface area contributed by atoms with E-state index in [-0.39, 0.29) is 11.5 Å². The monoisotopic (exact) mass is 447 g/mol. The fourth-order valence-corrected chi connectivity index (χ4v) is 5.33. The first-order chi connectivity index (χ1) is 15.3. The molecule has 176 valence electrons. The number of allylic oxidation sites excluding steroid dienone is 1. The van der Waals surface area contributed by atoms with Crippen molar-refractivity contribution in [3.63, 3.8) is 0 Å². The number of nitrogens with two attached hydrogens (primary N) is 2. The van der Waals surface area contributed by atoms with Crippen LogP contribution < -0.4 is 21.5 Å². The molecule has 1 aromatic rings. The number of aromatic nitrogens is 1. The molecule has 3 fully saturated rings. The lowest BCUT2D eigenvalue weighted by molar-refractivity contribution is -0.00294. The molecule has 2 aliphatic heterocycles. The normalized spacial score (nSPS) is 23.4. The number of pyridine rings is 1. The van der Waals surface area contributed by atoms with Gasteiger partial charge in [0, 0.05) is 68.7 Å². The molecule has 32 heavy (non-hydrogen) atoms. The molecule has 0 bridgehead atoms. The van der Waals surface area contributed by atoms with E-state index in [9.17, 15) is 9.18 Å². The van der Waals surface area contributed by atoms with Gasteiger partial charge >= 0.3 is 6.09 Å². The molecule has 10 heteroatoms. The summed E-state index contributed by atoms with van der Waals surface area (Å²) in [5.41, 5.74) is 7.02. The maximum Gasteiger partial charge on any atom is 0.409 e. The van der Waals surface area contributed by atoms with Crippen LogP contribution in [0.15, 0.2) is 24.2 Å².